The number of fused-ring (bicyclic) bond motifs is 1. The molecule has 2 aromatic heterocycles. The second-order valence-corrected chi connectivity index (χ2v) is 6.52. The summed E-state index contributed by atoms with van der Waals surface area (Å²) in [6.07, 6.45) is 1.86. The minimum atomic E-state index is -0.330. The maximum absolute atomic E-state index is 12.9. The lowest BCUT2D eigenvalue weighted by Crippen LogP contribution is -2.36. The molecule has 4 aromatic rings. The Balaban J connectivity index is 2.21. The minimum absolute atomic E-state index is 0.284. The van der Waals surface area contributed by atoms with E-state index in [2.05, 4.69) is 0 Å². The lowest BCUT2D eigenvalue weighted by Gasteiger charge is -2.10. The predicted molar refractivity (Wildman–Crippen MR) is 104 cm³/mol. The maximum atomic E-state index is 12.9. The average molecular weight is 345 g/mol. The van der Waals surface area contributed by atoms with Crippen LogP contribution in [0.25, 0.3) is 27.8 Å². The Morgan fingerprint density at radius 2 is 1.46 bits per heavy atom. The molecule has 2 aromatic carbocycles. The first-order valence-electron chi connectivity index (χ1n) is 8.42. The fourth-order valence-electron chi connectivity index (χ4n) is 3.33. The van der Waals surface area contributed by atoms with Crippen molar-refractivity contribution >= 4 is 10.9 Å². The van der Waals surface area contributed by atoms with E-state index >= 15 is 0 Å². The summed E-state index contributed by atoms with van der Waals surface area (Å²) < 4.78 is 4.67. The summed E-state index contributed by atoms with van der Waals surface area (Å²) in [6.45, 7) is 2.03. The number of aryl methyl sites for hydroxylation is 2. The van der Waals surface area contributed by atoms with Crippen LogP contribution in [-0.4, -0.2) is 13.7 Å². The fourth-order valence-corrected chi connectivity index (χ4v) is 3.33. The number of aromatic nitrogens is 3. The third-order valence-electron chi connectivity index (χ3n) is 4.80. The molecular formula is C21H19N3O2. The molecule has 0 aliphatic heterocycles. The van der Waals surface area contributed by atoms with Crippen LogP contribution in [-0.2, 0) is 14.1 Å². The third-order valence-corrected chi connectivity index (χ3v) is 4.80. The molecule has 5 nitrogen and oxygen atoms in total. The second kappa shape index (κ2) is 5.88. The zero-order valence-corrected chi connectivity index (χ0v) is 14.9. The van der Waals surface area contributed by atoms with Crippen molar-refractivity contribution in [1.29, 1.82) is 0 Å². The first-order valence-corrected chi connectivity index (χ1v) is 8.42. The van der Waals surface area contributed by atoms with Gasteiger partial charge >= 0.3 is 5.69 Å². The molecule has 2 heterocycles. The molecule has 0 bridgehead atoms. The van der Waals surface area contributed by atoms with E-state index in [1.807, 2.05) is 72.3 Å². The molecule has 0 atom stereocenters. The van der Waals surface area contributed by atoms with Crippen LogP contribution >= 0.6 is 0 Å². The van der Waals surface area contributed by atoms with E-state index in [1.165, 1.54) is 11.6 Å². The first kappa shape index (κ1) is 16.1. The number of hydrogen-bond donors (Lipinski definition) is 0. The van der Waals surface area contributed by atoms with E-state index in [-0.39, 0.29) is 11.2 Å². The van der Waals surface area contributed by atoms with E-state index in [4.69, 9.17) is 0 Å². The highest BCUT2D eigenvalue weighted by molar-refractivity contribution is 5.94. The highest BCUT2D eigenvalue weighted by Gasteiger charge is 2.19. The van der Waals surface area contributed by atoms with Gasteiger partial charge in [-0.3, -0.25) is 13.9 Å². The van der Waals surface area contributed by atoms with Crippen LogP contribution in [0.3, 0.4) is 0 Å². The normalized spacial score (nSPS) is 11.2. The van der Waals surface area contributed by atoms with Gasteiger partial charge in [-0.15, -0.1) is 0 Å². The summed E-state index contributed by atoms with van der Waals surface area (Å²) in [5.41, 5.74) is 3.83. The van der Waals surface area contributed by atoms with Gasteiger partial charge in [0, 0.05) is 26.0 Å². The molecule has 0 N–H and O–H groups in total. The molecule has 4 rings (SSSR count). The molecule has 26 heavy (non-hydrogen) atoms. The Morgan fingerprint density at radius 3 is 2.12 bits per heavy atom. The molecule has 0 saturated heterocycles. The number of hydrogen-bond acceptors (Lipinski definition) is 2. The quantitative estimate of drug-likeness (QED) is 0.561. The van der Waals surface area contributed by atoms with Gasteiger partial charge in [-0.2, -0.15) is 0 Å². The van der Waals surface area contributed by atoms with E-state index in [9.17, 15) is 9.59 Å². The van der Waals surface area contributed by atoms with Gasteiger partial charge in [-0.25, -0.2) is 4.79 Å². The Hall–Kier alpha value is -3.34. The van der Waals surface area contributed by atoms with Gasteiger partial charge in [0.05, 0.1) is 16.6 Å². The maximum Gasteiger partial charge on any atom is 0.330 e. The number of para-hydroxylation sites is 1. The van der Waals surface area contributed by atoms with Crippen molar-refractivity contribution in [3.05, 3.63) is 87.2 Å². The molecule has 0 aliphatic rings. The number of nitrogens with zero attached hydrogens (tertiary/aromatic N) is 3. The van der Waals surface area contributed by atoms with Crippen LogP contribution in [0, 0.1) is 6.92 Å². The average Bonchev–Trinajstić information content (AvgIpc) is 3.07. The summed E-state index contributed by atoms with van der Waals surface area (Å²) >= 11 is 0. The van der Waals surface area contributed by atoms with Gasteiger partial charge in [-0.05, 0) is 24.6 Å². The van der Waals surface area contributed by atoms with Crippen molar-refractivity contribution in [2.24, 2.45) is 14.1 Å². The van der Waals surface area contributed by atoms with Gasteiger partial charge in [0.1, 0.15) is 0 Å². The van der Waals surface area contributed by atoms with Crippen LogP contribution in [0.15, 0.2) is 70.4 Å². The standard InChI is InChI=1S/C21H19N3O2/c1-14-9-11-15(12-10-14)19-18-17(22(2)21(26)23(3)20(18)25)13-24(19)16-7-5-4-6-8-16/h4-13H,1-3H3. The SMILES string of the molecule is Cc1ccc(-c2c3c(=O)n(C)c(=O)n(C)c3cn2-c2ccccc2)cc1. The van der Waals surface area contributed by atoms with Crippen LogP contribution in [0.2, 0.25) is 0 Å². The van der Waals surface area contributed by atoms with Crippen molar-refractivity contribution in [1.82, 2.24) is 13.7 Å². The molecule has 0 spiro atoms. The lowest BCUT2D eigenvalue weighted by atomic mass is 10.1. The van der Waals surface area contributed by atoms with Gasteiger partial charge in [0.25, 0.3) is 5.56 Å². The van der Waals surface area contributed by atoms with E-state index in [0.717, 1.165) is 27.1 Å². The molecule has 0 fully saturated rings. The molecule has 5 heteroatoms. The minimum Gasteiger partial charge on any atom is -0.314 e. The van der Waals surface area contributed by atoms with E-state index < -0.39 is 0 Å². The zero-order chi connectivity index (χ0) is 18.4. The topological polar surface area (TPSA) is 48.9 Å². The highest BCUT2D eigenvalue weighted by Crippen LogP contribution is 2.30. The van der Waals surface area contributed by atoms with Crippen molar-refractivity contribution in [3.63, 3.8) is 0 Å². The van der Waals surface area contributed by atoms with E-state index in [0.29, 0.717) is 10.9 Å². The first-order chi connectivity index (χ1) is 12.5. The van der Waals surface area contributed by atoms with Gasteiger partial charge < -0.3 is 4.57 Å². The Kier molecular flexibility index (Phi) is 3.65. The van der Waals surface area contributed by atoms with Crippen LogP contribution < -0.4 is 11.2 Å². The summed E-state index contributed by atoms with van der Waals surface area (Å²) in [4.78, 5) is 25.3. The fraction of sp³-hybridized carbons (Fsp3) is 0.143. The van der Waals surface area contributed by atoms with Crippen LogP contribution in [0.4, 0.5) is 0 Å². The molecule has 0 radical (unpaired) electrons. The molecule has 0 unspecified atom stereocenters. The largest absolute Gasteiger partial charge is 0.330 e. The molecule has 130 valence electrons. The molecular weight excluding hydrogens is 326 g/mol. The molecule has 0 aliphatic carbocycles. The predicted octanol–water partition coefficient (Wildman–Crippen LogP) is 3.00. The Morgan fingerprint density at radius 1 is 0.808 bits per heavy atom. The Labute approximate surface area is 150 Å². The number of benzene rings is 2. The molecule has 0 amide bonds. The van der Waals surface area contributed by atoms with Crippen molar-refractivity contribution in [3.8, 4) is 16.9 Å². The molecule has 0 saturated carbocycles. The van der Waals surface area contributed by atoms with E-state index in [1.54, 1.807) is 7.05 Å². The smallest absolute Gasteiger partial charge is 0.314 e. The summed E-state index contributed by atoms with van der Waals surface area (Å²) in [7, 11) is 3.21. The van der Waals surface area contributed by atoms with Crippen molar-refractivity contribution in [2.75, 3.05) is 0 Å². The summed E-state index contributed by atoms with van der Waals surface area (Å²) in [5.74, 6) is 0. The van der Waals surface area contributed by atoms with Gasteiger partial charge in [-0.1, -0.05) is 48.0 Å². The zero-order valence-electron chi connectivity index (χ0n) is 14.9. The summed E-state index contributed by atoms with van der Waals surface area (Å²) in [6, 6.07) is 17.9. The van der Waals surface area contributed by atoms with Crippen molar-refractivity contribution < 1.29 is 0 Å². The number of rotatable bonds is 2. The van der Waals surface area contributed by atoms with Crippen LogP contribution in [0.1, 0.15) is 5.56 Å². The lowest BCUT2D eigenvalue weighted by molar-refractivity contribution is 0.714. The second-order valence-electron chi connectivity index (χ2n) is 6.52. The monoisotopic (exact) mass is 345 g/mol. The summed E-state index contributed by atoms with van der Waals surface area (Å²) in [5, 5.41) is 0.544. The third kappa shape index (κ3) is 2.32. The Bertz CT molecular complexity index is 1230. The highest BCUT2D eigenvalue weighted by atomic mass is 16.2. The van der Waals surface area contributed by atoms with Crippen molar-refractivity contribution in [2.45, 2.75) is 6.92 Å². The van der Waals surface area contributed by atoms with Crippen LogP contribution in [0.5, 0.6) is 0 Å². The van der Waals surface area contributed by atoms with Gasteiger partial charge in [0.15, 0.2) is 0 Å². The van der Waals surface area contributed by atoms with Gasteiger partial charge in [0.2, 0.25) is 0 Å².